The molecule has 1 aromatic heterocycles. The van der Waals surface area contributed by atoms with Crippen LogP contribution in [0, 0.1) is 6.92 Å². The molecule has 1 aliphatic rings. The first-order valence-corrected chi connectivity index (χ1v) is 15.0. The predicted octanol–water partition coefficient (Wildman–Crippen LogP) is 0.858. The van der Waals surface area contributed by atoms with Gasteiger partial charge in [-0.15, -0.1) is 0 Å². The van der Waals surface area contributed by atoms with Gasteiger partial charge in [0.15, 0.2) is 12.1 Å². The monoisotopic (exact) mass is 555 g/mol. The van der Waals surface area contributed by atoms with Crippen molar-refractivity contribution in [1.29, 1.82) is 0 Å². The average Bonchev–Trinajstić information content (AvgIpc) is 3.52. The topological polar surface area (TPSA) is 127 Å². The van der Waals surface area contributed by atoms with E-state index in [0.29, 0.717) is 17.2 Å². The fourth-order valence-corrected chi connectivity index (χ4v) is 9.17. The van der Waals surface area contributed by atoms with E-state index in [9.17, 15) is 10.2 Å². The maximum absolute atomic E-state index is 11.1. The summed E-state index contributed by atoms with van der Waals surface area (Å²) in [5.41, 5.74) is 6.64. The number of hydrogen-bond donors (Lipinski definition) is 3. The van der Waals surface area contributed by atoms with E-state index in [0.717, 1.165) is 21.9 Å². The second kappa shape index (κ2) is 12.1. The molecule has 2 heterocycles. The Labute approximate surface area is 234 Å². The van der Waals surface area contributed by atoms with Gasteiger partial charge >= 0.3 is 0 Å². The van der Waals surface area contributed by atoms with Crippen LogP contribution in [-0.2, 0) is 9.16 Å². The van der Waals surface area contributed by atoms with E-state index in [1.54, 1.807) is 17.9 Å². The average molecular weight is 556 g/mol. The van der Waals surface area contributed by atoms with E-state index >= 15 is 0 Å². The zero-order valence-corrected chi connectivity index (χ0v) is 23.4. The Morgan fingerprint density at radius 1 is 0.950 bits per heavy atom. The van der Waals surface area contributed by atoms with Gasteiger partial charge in [-0.25, -0.2) is 9.98 Å². The van der Waals surface area contributed by atoms with Crippen molar-refractivity contribution in [3.05, 3.63) is 109 Å². The second-order valence-corrected chi connectivity index (χ2v) is 12.9. The highest BCUT2D eigenvalue weighted by Gasteiger charge is 2.48. The Morgan fingerprint density at radius 3 is 1.95 bits per heavy atom. The number of ether oxygens (including phenoxy) is 1. The quantitative estimate of drug-likeness (QED) is 0.128. The largest absolute Gasteiger partial charge is 0.401 e. The lowest BCUT2D eigenvalue weighted by Gasteiger charge is -2.34. The van der Waals surface area contributed by atoms with Crippen LogP contribution in [0.1, 0.15) is 17.6 Å². The summed E-state index contributed by atoms with van der Waals surface area (Å²) >= 11 is 0. The van der Waals surface area contributed by atoms with Crippen molar-refractivity contribution in [1.82, 2.24) is 9.55 Å². The minimum atomic E-state index is -3.02. The van der Waals surface area contributed by atoms with E-state index in [1.165, 1.54) is 0 Å². The molecule has 1 saturated heterocycles. The normalized spacial score (nSPS) is 21.8. The lowest BCUT2D eigenvalue weighted by Crippen LogP contribution is -2.70. The van der Waals surface area contributed by atoms with E-state index in [2.05, 4.69) is 51.4 Å². The van der Waals surface area contributed by atoms with Crippen molar-refractivity contribution in [2.24, 2.45) is 15.7 Å². The molecule has 1 fully saturated rings. The number of amidine groups is 1. The molecule has 10 heteroatoms. The lowest BCUT2D eigenvalue weighted by atomic mass is 10.1. The number of aliphatic hydroxyl groups is 2. The standard InChI is InChI=1S/C30H33N5O4Si/c1-21-26(29(32-2)33-19-31)34-20-35(21)30-28(37)27(36)25(39-30)18-38-40(22-12-6-3-7-13-22,23-14-8-4-9-15-23)24-16-10-5-11-17-24/h3-17,19-20,25,27-28,30,36-37H,18H2,1-2H3,(H2,31,32,33)/t25-,27-,28-,30-/m1/s1. The van der Waals surface area contributed by atoms with E-state index in [4.69, 9.17) is 14.9 Å². The van der Waals surface area contributed by atoms with Gasteiger partial charge in [0.05, 0.1) is 19.3 Å². The first-order valence-electron chi connectivity index (χ1n) is 13.1. The molecule has 0 saturated carbocycles. The third-order valence-electron chi connectivity index (χ3n) is 7.28. The van der Waals surface area contributed by atoms with Crippen LogP contribution >= 0.6 is 0 Å². The molecule has 0 radical (unpaired) electrons. The Hall–Kier alpha value is -3.93. The molecule has 0 unspecified atom stereocenters. The molecule has 0 aliphatic carbocycles. The van der Waals surface area contributed by atoms with Crippen LogP contribution in [0.4, 0.5) is 0 Å². The van der Waals surface area contributed by atoms with Gasteiger partial charge < -0.3 is 29.7 Å². The summed E-state index contributed by atoms with van der Waals surface area (Å²) in [6.45, 7) is 1.89. The van der Waals surface area contributed by atoms with Crippen molar-refractivity contribution < 1.29 is 19.4 Å². The summed E-state index contributed by atoms with van der Waals surface area (Å²) in [6, 6.07) is 30.5. The number of rotatable bonds is 8. The fraction of sp³-hybridized carbons (Fsp3) is 0.233. The molecular formula is C30H33N5O4Si. The summed E-state index contributed by atoms with van der Waals surface area (Å²) in [7, 11) is -1.42. The molecule has 4 atom stereocenters. The van der Waals surface area contributed by atoms with Gasteiger partial charge in [0.1, 0.15) is 24.0 Å². The zero-order valence-electron chi connectivity index (χ0n) is 22.4. The lowest BCUT2D eigenvalue weighted by molar-refractivity contribution is -0.0505. The number of benzene rings is 3. The third kappa shape index (κ3) is 5.03. The molecule has 9 nitrogen and oxygen atoms in total. The highest BCUT2D eigenvalue weighted by Crippen LogP contribution is 2.32. The molecule has 5 rings (SSSR count). The second-order valence-electron chi connectivity index (χ2n) is 9.55. The number of hydrogen-bond acceptors (Lipinski definition) is 6. The first-order chi connectivity index (χ1) is 19.5. The summed E-state index contributed by atoms with van der Waals surface area (Å²) in [6.07, 6.45) is -1.33. The number of nitrogens with zero attached hydrogens (tertiary/aromatic N) is 4. The van der Waals surface area contributed by atoms with Crippen LogP contribution < -0.4 is 21.3 Å². The number of aromatic nitrogens is 2. The van der Waals surface area contributed by atoms with Gasteiger partial charge in [0, 0.05) is 12.7 Å². The van der Waals surface area contributed by atoms with Crippen molar-refractivity contribution in [2.75, 3.05) is 13.7 Å². The molecule has 1 aliphatic heterocycles. The minimum Gasteiger partial charge on any atom is -0.401 e. The molecular weight excluding hydrogens is 522 g/mol. The van der Waals surface area contributed by atoms with E-state index in [-0.39, 0.29) is 6.61 Å². The van der Waals surface area contributed by atoms with Crippen molar-refractivity contribution in [3.63, 3.8) is 0 Å². The van der Waals surface area contributed by atoms with Gasteiger partial charge in [-0.2, -0.15) is 0 Å². The maximum atomic E-state index is 11.1. The van der Waals surface area contributed by atoms with Gasteiger partial charge in [0.25, 0.3) is 8.32 Å². The van der Waals surface area contributed by atoms with Crippen molar-refractivity contribution in [2.45, 2.75) is 31.5 Å². The van der Waals surface area contributed by atoms with Gasteiger partial charge in [-0.1, -0.05) is 91.0 Å². The Bertz CT molecular complexity index is 1370. The van der Waals surface area contributed by atoms with Crippen LogP contribution in [0.25, 0.3) is 0 Å². The highest BCUT2D eigenvalue weighted by atomic mass is 28.4. The zero-order chi connectivity index (χ0) is 28.1. The smallest absolute Gasteiger partial charge is 0.288 e. The Kier molecular flexibility index (Phi) is 8.34. The molecule has 4 N–H and O–H groups in total. The van der Waals surface area contributed by atoms with Crippen LogP contribution in [-0.4, -0.2) is 72.2 Å². The van der Waals surface area contributed by atoms with Crippen LogP contribution in [0.3, 0.4) is 0 Å². The van der Waals surface area contributed by atoms with E-state index < -0.39 is 32.9 Å². The van der Waals surface area contributed by atoms with Crippen molar-refractivity contribution >= 4 is 36.1 Å². The predicted molar refractivity (Wildman–Crippen MR) is 158 cm³/mol. The van der Waals surface area contributed by atoms with Crippen LogP contribution in [0.5, 0.6) is 0 Å². The van der Waals surface area contributed by atoms with Gasteiger partial charge in [-0.3, -0.25) is 4.99 Å². The molecule has 4 aromatic rings. The summed E-state index contributed by atoms with van der Waals surface area (Å²) < 4.78 is 14.9. The molecule has 3 aromatic carbocycles. The maximum Gasteiger partial charge on any atom is 0.288 e. The molecule has 0 spiro atoms. The number of nitrogens with two attached hydrogens (primary N) is 1. The number of imidazole rings is 1. The molecule has 0 bridgehead atoms. The molecule has 206 valence electrons. The Balaban J connectivity index is 1.48. The summed E-state index contributed by atoms with van der Waals surface area (Å²) in [5, 5.41) is 25.4. The third-order valence-corrected chi connectivity index (χ3v) is 11.3. The summed E-state index contributed by atoms with van der Waals surface area (Å²) in [5.74, 6) is 0.357. The fourth-order valence-electron chi connectivity index (χ4n) is 5.27. The SMILES string of the molecule is CN=C(N=CN)c1ncn([C@@H]2O[C@H](CO[Si](c3ccccc3)(c3ccccc3)c3ccccc3)[C@@H](O)[C@H]2O)c1C. The first kappa shape index (κ1) is 27.6. The van der Waals surface area contributed by atoms with Gasteiger partial charge in [0.2, 0.25) is 0 Å². The van der Waals surface area contributed by atoms with Crippen molar-refractivity contribution in [3.8, 4) is 0 Å². The number of aliphatic imine (C=N–C) groups is 2. The molecule has 40 heavy (non-hydrogen) atoms. The Morgan fingerprint density at radius 2 is 1.48 bits per heavy atom. The van der Waals surface area contributed by atoms with Crippen LogP contribution in [0.2, 0.25) is 0 Å². The minimum absolute atomic E-state index is 0.0688. The van der Waals surface area contributed by atoms with E-state index in [1.807, 2.05) is 61.5 Å². The highest BCUT2D eigenvalue weighted by molar-refractivity contribution is 7.07. The van der Waals surface area contributed by atoms with Gasteiger partial charge in [-0.05, 0) is 22.5 Å². The number of aliphatic hydroxyl groups excluding tert-OH is 2. The molecule has 0 amide bonds. The summed E-state index contributed by atoms with van der Waals surface area (Å²) in [4.78, 5) is 12.6. The van der Waals surface area contributed by atoms with Crippen LogP contribution in [0.15, 0.2) is 107 Å².